The number of thiophene rings is 1. The minimum absolute atomic E-state index is 0.0108. The molecule has 0 bridgehead atoms. The van der Waals surface area contributed by atoms with Crippen LogP contribution in [0.5, 0.6) is 0 Å². The van der Waals surface area contributed by atoms with Gasteiger partial charge >= 0.3 is 11.9 Å². The molecule has 206 valence electrons. The van der Waals surface area contributed by atoms with E-state index in [1.165, 1.54) is 33.8 Å². The van der Waals surface area contributed by atoms with E-state index >= 15 is 0 Å². The third-order valence-electron chi connectivity index (χ3n) is 6.59. The Morgan fingerprint density at radius 3 is 2.42 bits per heavy atom. The molecule has 2 aliphatic rings. The Hall–Kier alpha value is -2.47. The second kappa shape index (κ2) is 12.6. The lowest BCUT2D eigenvalue weighted by Crippen LogP contribution is -2.32. The van der Waals surface area contributed by atoms with E-state index in [4.69, 9.17) is 21.1 Å². The third-order valence-corrected chi connectivity index (χ3v) is 10.2. The largest absolute Gasteiger partial charge is 0.462 e. The number of nitrogens with zero attached hydrogens (tertiary/aromatic N) is 1. The average Bonchev–Trinajstić information content (AvgIpc) is 3.04. The summed E-state index contributed by atoms with van der Waals surface area (Å²) in [6, 6.07) is 3.88. The number of aryl methyl sites for hydroxylation is 1. The molecule has 0 spiro atoms. The summed E-state index contributed by atoms with van der Waals surface area (Å²) in [5.41, 5.74) is 1.24. The topological polar surface area (TPSA) is 119 Å². The van der Waals surface area contributed by atoms with Crippen molar-refractivity contribution >= 4 is 55.8 Å². The number of halogens is 1. The molecule has 0 saturated carbocycles. The first-order chi connectivity index (χ1) is 18.2. The van der Waals surface area contributed by atoms with Crippen molar-refractivity contribution in [1.29, 1.82) is 0 Å². The van der Waals surface area contributed by atoms with E-state index < -0.39 is 34.5 Å². The van der Waals surface area contributed by atoms with Crippen LogP contribution in [0.3, 0.4) is 0 Å². The maximum absolute atomic E-state index is 13.2. The van der Waals surface area contributed by atoms with Crippen molar-refractivity contribution in [3.63, 3.8) is 0 Å². The number of esters is 2. The highest BCUT2D eigenvalue weighted by Crippen LogP contribution is 2.38. The molecule has 2 heterocycles. The molecule has 12 heteroatoms. The standard InChI is InChI=1S/C26H31ClN2O7S2/c1-2-35-26(32)23-18-9-5-6-10-20(18)37-24(23)28-22(30)16-36-25(31)17-11-12-19(27)21(15-17)38(33,34)29-13-7-3-4-8-14-29/h11-12,15H,2-10,13-14,16H2,1H3,(H,28,30). The van der Waals surface area contributed by atoms with Crippen molar-refractivity contribution in [2.75, 3.05) is 31.6 Å². The quantitative estimate of drug-likeness (QED) is 0.443. The molecule has 1 aliphatic carbocycles. The lowest BCUT2D eigenvalue weighted by molar-refractivity contribution is -0.119. The Kier molecular flexibility index (Phi) is 9.45. The first-order valence-corrected chi connectivity index (χ1v) is 15.4. The highest BCUT2D eigenvalue weighted by molar-refractivity contribution is 7.89. The maximum atomic E-state index is 13.2. The monoisotopic (exact) mass is 582 g/mol. The maximum Gasteiger partial charge on any atom is 0.341 e. The van der Waals surface area contributed by atoms with Gasteiger partial charge in [0.15, 0.2) is 6.61 Å². The van der Waals surface area contributed by atoms with Crippen LogP contribution < -0.4 is 5.32 Å². The Labute approximate surface area is 231 Å². The van der Waals surface area contributed by atoms with Crippen LogP contribution >= 0.6 is 22.9 Å². The minimum atomic E-state index is -3.89. The van der Waals surface area contributed by atoms with Crippen LogP contribution in [0.25, 0.3) is 0 Å². The normalized spacial score (nSPS) is 16.3. The van der Waals surface area contributed by atoms with Gasteiger partial charge in [0, 0.05) is 18.0 Å². The Balaban J connectivity index is 1.45. The number of ether oxygens (including phenoxy) is 2. The fourth-order valence-corrected chi connectivity index (χ4v) is 8.01. The summed E-state index contributed by atoms with van der Waals surface area (Å²) in [4.78, 5) is 38.8. The molecule has 1 amide bonds. The molecule has 9 nitrogen and oxygen atoms in total. The lowest BCUT2D eigenvalue weighted by atomic mass is 9.95. The van der Waals surface area contributed by atoms with Crippen LogP contribution in [0.15, 0.2) is 23.1 Å². The molecular formula is C26H31ClN2O7S2. The number of carbonyl (C=O) groups is 3. The van der Waals surface area contributed by atoms with Gasteiger partial charge in [0.2, 0.25) is 10.0 Å². The van der Waals surface area contributed by atoms with Gasteiger partial charge < -0.3 is 14.8 Å². The number of nitrogens with one attached hydrogen (secondary N) is 1. The molecule has 1 N–H and O–H groups in total. The van der Waals surface area contributed by atoms with Crippen LogP contribution in [-0.4, -0.2) is 56.9 Å². The second-order valence-corrected chi connectivity index (χ2v) is 12.6. The summed E-state index contributed by atoms with van der Waals surface area (Å²) in [7, 11) is -3.89. The number of hydrogen-bond donors (Lipinski definition) is 1. The van der Waals surface area contributed by atoms with E-state index in [2.05, 4.69) is 5.32 Å². The fraction of sp³-hybridized carbons (Fsp3) is 0.500. The van der Waals surface area contributed by atoms with E-state index in [1.807, 2.05) is 0 Å². The Morgan fingerprint density at radius 2 is 1.71 bits per heavy atom. The first kappa shape index (κ1) is 28.5. The van der Waals surface area contributed by atoms with Crippen molar-refractivity contribution in [2.45, 2.75) is 63.2 Å². The Morgan fingerprint density at radius 1 is 1.00 bits per heavy atom. The highest BCUT2D eigenvalue weighted by Gasteiger charge is 2.29. The van der Waals surface area contributed by atoms with Gasteiger partial charge in [0.1, 0.15) is 9.90 Å². The number of fused-ring (bicyclic) bond motifs is 1. The van der Waals surface area contributed by atoms with Crippen LogP contribution in [-0.2, 0) is 37.1 Å². The van der Waals surface area contributed by atoms with Crippen LogP contribution in [0.4, 0.5) is 5.00 Å². The number of benzene rings is 1. The number of carbonyl (C=O) groups excluding carboxylic acids is 3. The first-order valence-electron chi connectivity index (χ1n) is 12.8. The second-order valence-electron chi connectivity index (χ2n) is 9.22. The molecule has 38 heavy (non-hydrogen) atoms. The van der Waals surface area contributed by atoms with Crippen LogP contribution in [0.1, 0.15) is 76.6 Å². The zero-order valence-corrected chi connectivity index (χ0v) is 23.6. The number of rotatable bonds is 8. The van der Waals surface area contributed by atoms with Gasteiger partial charge in [-0.2, -0.15) is 4.31 Å². The Bertz CT molecular complexity index is 1320. The summed E-state index contributed by atoms with van der Waals surface area (Å²) in [6.45, 7) is 2.11. The minimum Gasteiger partial charge on any atom is -0.462 e. The van der Waals surface area contributed by atoms with Crippen molar-refractivity contribution in [2.24, 2.45) is 0 Å². The SMILES string of the molecule is CCOC(=O)c1c(NC(=O)COC(=O)c2ccc(Cl)c(S(=O)(=O)N3CCCCCC3)c2)sc2c1CCCC2. The summed E-state index contributed by atoms with van der Waals surface area (Å²) < 4.78 is 38.2. The molecule has 1 aliphatic heterocycles. The van der Waals surface area contributed by atoms with Gasteiger partial charge in [-0.3, -0.25) is 4.79 Å². The van der Waals surface area contributed by atoms with E-state index in [9.17, 15) is 22.8 Å². The smallest absolute Gasteiger partial charge is 0.341 e. The van der Waals surface area contributed by atoms with E-state index in [0.717, 1.165) is 61.8 Å². The van der Waals surface area contributed by atoms with Gasteiger partial charge in [-0.1, -0.05) is 24.4 Å². The van der Waals surface area contributed by atoms with Gasteiger partial charge in [-0.15, -0.1) is 11.3 Å². The van der Waals surface area contributed by atoms with Gasteiger partial charge in [-0.25, -0.2) is 18.0 Å². The lowest BCUT2D eigenvalue weighted by Gasteiger charge is -2.21. The predicted molar refractivity (Wildman–Crippen MR) is 145 cm³/mol. The predicted octanol–water partition coefficient (Wildman–Crippen LogP) is 4.82. The molecular weight excluding hydrogens is 552 g/mol. The summed E-state index contributed by atoms with van der Waals surface area (Å²) in [5.74, 6) is -1.97. The van der Waals surface area contributed by atoms with E-state index in [0.29, 0.717) is 23.7 Å². The number of hydrogen-bond acceptors (Lipinski definition) is 8. The zero-order chi connectivity index (χ0) is 27.3. The third kappa shape index (κ3) is 6.39. The zero-order valence-electron chi connectivity index (χ0n) is 21.2. The average molecular weight is 583 g/mol. The molecule has 1 aromatic carbocycles. The van der Waals surface area contributed by atoms with Crippen molar-refractivity contribution < 1.29 is 32.3 Å². The van der Waals surface area contributed by atoms with Crippen molar-refractivity contribution in [1.82, 2.24) is 4.31 Å². The van der Waals surface area contributed by atoms with Crippen LogP contribution in [0.2, 0.25) is 5.02 Å². The molecule has 1 aromatic heterocycles. The summed E-state index contributed by atoms with van der Waals surface area (Å²) in [6.07, 6.45) is 6.99. The van der Waals surface area contributed by atoms with Crippen molar-refractivity contribution in [3.05, 3.63) is 44.8 Å². The molecule has 0 atom stereocenters. The van der Waals surface area contributed by atoms with Crippen LogP contribution in [0, 0.1) is 0 Å². The number of sulfonamides is 1. The van der Waals surface area contributed by atoms with Gasteiger partial charge in [0.05, 0.1) is 22.8 Å². The molecule has 2 aromatic rings. The molecule has 0 unspecified atom stereocenters. The van der Waals surface area contributed by atoms with Gasteiger partial charge in [-0.05, 0) is 69.2 Å². The molecule has 1 saturated heterocycles. The molecule has 0 radical (unpaired) electrons. The van der Waals surface area contributed by atoms with Crippen molar-refractivity contribution in [3.8, 4) is 0 Å². The van der Waals surface area contributed by atoms with Gasteiger partial charge in [0.25, 0.3) is 5.91 Å². The number of anilines is 1. The summed E-state index contributed by atoms with van der Waals surface area (Å²) in [5, 5.41) is 3.08. The highest BCUT2D eigenvalue weighted by atomic mass is 35.5. The molecule has 1 fully saturated rings. The fourth-order valence-electron chi connectivity index (χ4n) is 4.70. The van der Waals surface area contributed by atoms with E-state index in [1.54, 1.807) is 6.92 Å². The van der Waals surface area contributed by atoms with E-state index in [-0.39, 0.29) is 22.1 Å². The summed E-state index contributed by atoms with van der Waals surface area (Å²) >= 11 is 7.55. The molecule has 4 rings (SSSR count). The number of amides is 1.